The van der Waals surface area contributed by atoms with E-state index in [1.54, 1.807) is 0 Å². The van der Waals surface area contributed by atoms with Gasteiger partial charge in [-0.1, -0.05) is 90.9 Å². The lowest BCUT2D eigenvalue weighted by Gasteiger charge is -2.04. The van der Waals surface area contributed by atoms with Crippen LogP contribution in [-0.4, -0.2) is 5.75 Å². The number of rotatable bonds is 14. The van der Waals surface area contributed by atoms with Gasteiger partial charge in [-0.2, -0.15) is 12.6 Å². The first-order valence-electron chi connectivity index (χ1n) is 8.38. The third-order valence-electron chi connectivity index (χ3n) is 3.69. The second kappa shape index (κ2) is 15.4. The number of hydrogen-bond donors (Lipinski definition) is 1. The van der Waals surface area contributed by atoms with Gasteiger partial charge in [0.1, 0.15) is 0 Å². The zero-order valence-electron chi connectivity index (χ0n) is 12.9. The standard InChI is InChI=1S/C17H36S/c1-17(2)15-13-11-9-7-5-3-4-6-8-10-12-14-16-18/h17-18H,3-16H2,1-2H3. The molecule has 0 rings (SSSR count). The Kier molecular flexibility index (Phi) is 15.7. The van der Waals surface area contributed by atoms with Crippen LogP contribution in [0, 0.1) is 5.92 Å². The fraction of sp³-hybridized carbons (Fsp3) is 1.00. The van der Waals surface area contributed by atoms with E-state index in [9.17, 15) is 0 Å². The van der Waals surface area contributed by atoms with Crippen molar-refractivity contribution < 1.29 is 0 Å². The minimum atomic E-state index is 0.896. The van der Waals surface area contributed by atoms with Crippen LogP contribution in [0.25, 0.3) is 0 Å². The monoisotopic (exact) mass is 272 g/mol. The Hall–Kier alpha value is 0.350. The quantitative estimate of drug-likeness (QED) is 0.266. The van der Waals surface area contributed by atoms with E-state index < -0.39 is 0 Å². The lowest BCUT2D eigenvalue weighted by Crippen LogP contribution is -1.87. The van der Waals surface area contributed by atoms with Crippen molar-refractivity contribution in [3.63, 3.8) is 0 Å². The van der Waals surface area contributed by atoms with Gasteiger partial charge in [0.15, 0.2) is 0 Å². The van der Waals surface area contributed by atoms with Crippen LogP contribution in [0.2, 0.25) is 0 Å². The topological polar surface area (TPSA) is 0 Å². The molecule has 0 heterocycles. The predicted octanol–water partition coefficient (Wildman–Crippen LogP) is 6.64. The van der Waals surface area contributed by atoms with Crippen LogP contribution in [0.1, 0.15) is 97.3 Å². The van der Waals surface area contributed by atoms with Gasteiger partial charge in [0, 0.05) is 0 Å². The van der Waals surface area contributed by atoms with E-state index in [0.717, 1.165) is 11.7 Å². The van der Waals surface area contributed by atoms with E-state index >= 15 is 0 Å². The third-order valence-corrected chi connectivity index (χ3v) is 4.01. The fourth-order valence-corrected chi connectivity index (χ4v) is 2.66. The SMILES string of the molecule is CC(C)CCCCCCCCCCCCCCS. The Balaban J connectivity index is 2.90. The lowest BCUT2D eigenvalue weighted by atomic mass is 10.0. The first-order chi connectivity index (χ1) is 8.77. The summed E-state index contributed by atoms with van der Waals surface area (Å²) in [4.78, 5) is 0. The van der Waals surface area contributed by atoms with Crippen molar-refractivity contribution in [2.45, 2.75) is 97.3 Å². The Bertz CT molecular complexity index is 143. The van der Waals surface area contributed by atoms with Crippen LogP contribution in [0.3, 0.4) is 0 Å². The van der Waals surface area contributed by atoms with Gasteiger partial charge in [-0.05, 0) is 18.1 Å². The summed E-state index contributed by atoms with van der Waals surface area (Å²) >= 11 is 4.24. The van der Waals surface area contributed by atoms with E-state index in [-0.39, 0.29) is 0 Å². The highest BCUT2D eigenvalue weighted by atomic mass is 32.1. The molecular formula is C17H36S. The highest BCUT2D eigenvalue weighted by Gasteiger charge is 1.95. The number of unbranched alkanes of at least 4 members (excludes halogenated alkanes) is 11. The summed E-state index contributed by atoms with van der Waals surface area (Å²) in [7, 11) is 0. The summed E-state index contributed by atoms with van der Waals surface area (Å²) in [5, 5.41) is 0. The zero-order valence-corrected chi connectivity index (χ0v) is 13.8. The molecule has 0 saturated carbocycles. The molecule has 0 unspecified atom stereocenters. The Labute approximate surface area is 122 Å². The molecule has 0 atom stereocenters. The zero-order chi connectivity index (χ0) is 13.5. The molecule has 18 heavy (non-hydrogen) atoms. The van der Waals surface area contributed by atoms with Gasteiger partial charge in [0.2, 0.25) is 0 Å². The van der Waals surface area contributed by atoms with Crippen molar-refractivity contribution in [1.82, 2.24) is 0 Å². The molecule has 0 fully saturated rings. The maximum Gasteiger partial charge on any atom is -0.00979 e. The van der Waals surface area contributed by atoms with E-state index in [1.807, 2.05) is 0 Å². The molecular weight excluding hydrogens is 236 g/mol. The van der Waals surface area contributed by atoms with Gasteiger partial charge in [0.25, 0.3) is 0 Å². The average molecular weight is 273 g/mol. The minimum absolute atomic E-state index is 0.896. The first kappa shape index (κ1) is 18.4. The molecule has 0 spiro atoms. The second-order valence-electron chi connectivity index (χ2n) is 6.15. The van der Waals surface area contributed by atoms with Crippen molar-refractivity contribution in [3.8, 4) is 0 Å². The molecule has 0 N–H and O–H groups in total. The van der Waals surface area contributed by atoms with Gasteiger partial charge in [-0.25, -0.2) is 0 Å². The Morgan fingerprint density at radius 3 is 1.22 bits per heavy atom. The highest BCUT2D eigenvalue weighted by molar-refractivity contribution is 7.80. The fourth-order valence-electron chi connectivity index (χ4n) is 2.43. The Morgan fingerprint density at radius 1 is 0.556 bits per heavy atom. The molecule has 0 aliphatic rings. The Morgan fingerprint density at radius 2 is 0.889 bits per heavy atom. The van der Waals surface area contributed by atoms with Crippen LogP contribution in [0.15, 0.2) is 0 Å². The van der Waals surface area contributed by atoms with Gasteiger partial charge in [-0.15, -0.1) is 0 Å². The summed E-state index contributed by atoms with van der Waals surface area (Å²) in [6.07, 6.45) is 18.7. The average Bonchev–Trinajstić information content (AvgIpc) is 2.34. The van der Waals surface area contributed by atoms with Crippen LogP contribution in [0.4, 0.5) is 0 Å². The molecule has 0 aliphatic carbocycles. The highest BCUT2D eigenvalue weighted by Crippen LogP contribution is 2.14. The van der Waals surface area contributed by atoms with Crippen LogP contribution in [0.5, 0.6) is 0 Å². The summed E-state index contributed by atoms with van der Waals surface area (Å²) in [5.74, 6) is 1.96. The smallest absolute Gasteiger partial charge is 0.00979 e. The van der Waals surface area contributed by atoms with Gasteiger partial charge in [0.05, 0.1) is 0 Å². The largest absolute Gasteiger partial charge is 0.179 e. The summed E-state index contributed by atoms with van der Waals surface area (Å²) in [6, 6.07) is 0. The summed E-state index contributed by atoms with van der Waals surface area (Å²) < 4.78 is 0. The lowest BCUT2D eigenvalue weighted by molar-refractivity contribution is 0.504. The molecule has 0 nitrogen and oxygen atoms in total. The first-order valence-corrected chi connectivity index (χ1v) is 9.01. The molecule has 0 aromatic rings. The van der Waals surface area contributed by atoms with Crippen LogP contribution < -0.4 is 0 Å². The van der Waals surface area contributed by atoms with Crippen molar-refractivity contribution in [2.75, 3.05) is 5.75 Å². The molecule has 0 bridgehead atoms. The molecule has 1 heteroatoms. The van der Waals surface area contributed by atoms with E-state index in [1.165, 1.54) is 83.5 Å². The van der Waals surface area contributed by atoms with E-state index in [2.05, 4.69) is 26.5 Å². The maximum atomic E-state index is 4.24. The summed E-state index contributed by atoms with van der Waals surface area (Å²) in [5.41, 5.74) is 0. The number of thiol groups is 1. The number of hydrogen-bond acceptors (Lipinski definition) is 1. The van der Waals surface area contributed by atoms with Gasteiger partial charge < -0.3 is 0 Å². The van der Waals surface area contributed by atoms with Gasteiger partial charge >= 0.3 is 0 Å². The van der Waals surface area contributed by atoms with Crippen molar-refractivity contribution >= 4 is 12.6 Å². The molecule has 0 aliphatic heterocycles. The third kappa shape index (κ3) is 16.4. The van der Waals surface area contributed by atoms with Crippen molar-refractivity contribution in [1.29, 1.82) is 0 Å². The minimum Gasteiger partial charge on any atom is -0.179 e. The van der Waals surface area contributed by atoms with E-state index in [0.29, 0.717) is 0 Å². The van der Waals surface area contributed by atoms with Crippen LogP contribution in [-0.2, 0) is 0 Å². The normalized spacial score (nSPS) is 11.3. The van der Waals surface area contributed by atoms with Crippen molar-refractivity contribution in [3.05, 3.63) is 0 Å². The molecule has 0 radical (unpaired) electrons. The van der Waals surface area contributed by atoms with Gasteiger partial charge in [-0.3, -0.25) is 0 Å². The molecule has 110 valence electrons. The maximum absolute atomic E-state index is 4.24. The molecule has 0 aromatic heterocycles. The summed E-state index contributed by atoms with van der Waals surface area (Å²) in [6.45, 7) is 4.66. The molecule has 0 aromatic carbocycles. The molecule has 0 saturated heterocycles. The van der Waals surface area contributed by atoms with Crippen molar-refractivity contribution in [2.24, 2.45) is 5.92 Å². The second-order valence-corrected chi connectivity index (χ2v) is 6.60. The van der Waals surface area contributed by atoms with E-state index in [4.69, 9.17) is 0 Å². The van der Waals surface area contributed by atoms with Crippen LogP contribution >= 0.6 is 12.6 Å². The molecule has 0 amide bonds. The predicted molar refractivity (Wildman–Crippen MR) is 88.7 cm³/mol.